The van der Waals surface area contributed by atoms with E-state index in [1.807, 2.05) is 48.5 Å². The van der Waals surface area contributed by atoms with Gasteiger partial charge in [0.05, 0.1) is 11.3 Å². The van der Waals surface area contributed by atoms with Crippen LogP contribution < -0.4 is 0 Å². The van der Waals surface area contributed by atoms with Gasteiger partial charge in [0.25, 0.3) is 0 Å². The van der Waals surface area contributed by atoms with Gasteiger partial charge in [-0.05, 0) is 30.7 Å². The molecule has 1 aromatic heterocycles. The SMILES string of the molecule is Cc1ccccc1SCC(=O)c1cnc2ccccc2c1. The molecule has 0 aliphatic carbocycles. The van der Waals surface area contributed by atoms with E-state index in [2.05, 4.69) is 18.0 Å². The predicted molar refractivity (Wildman–Crippen MR) is 88.0 cm³/mol. The zero-order chi connectivity index (χ0) is 14.7. The molecule has 0 fully saturated rings. The van der Waals surface area contributed by atoms with Crippen molar-refractivity contribution in [2.75, 3.05) is 5.75 Å². The molecule has 3 rings (SSSR count). The molecule has 104 valence electrons. The number of fused-ring (bicyclic) bond motifs is 1. The van der Waals surface area contributed by atoms with E-state index in [9.17, 15) is 4.79 Å². The van der Waals surface area contributed by atoms with Crippen LogP contribution in [0.3, 0.4) is 0 Å². The Kier molecular flexibility index (Phi) is 4.02. The van der Waals surface area contributed by atoms with Gasteiger partial charge in [-0.2, -0.15) is 0 Å². The zero-order valence-electron chi connectivity index (χ0n) is 11.7. The van der Waals surface area contributed by atoms with E-state index in [0.29, 0.717) is 11.3 Å². The highest BCUT2D eigenvalue weighted by Gasteiger charge is 2.09. The normalized spacial score (nSPS) is 10.7. The fourth-order valence-corrected chi connectivity index (χ4v) is 3.09. The van der Waals surface area contributed by atoms with Gasteiger partial charge >= 0.3 is 0 Å². The van der Waals surface area contributed by atoms with Crippen molar-refractivity contribution in [3.05, 3.63) is 71.9 Å². The number of Topliss-reactive ketones (excluding diaryl/α,β-unsaturated/α-hetero) is 1. The average Bonchev–Trinajstić information content (AvgIpc) is 2.53. The van der Waals surface area contributed by atoms with Crippen molar-refractivity contribution in [1.82, 2.24) is 4.98 Å². The number of thioether (sulfide) groups is 1. The second-order valence-electron chi connectivity index (χ2n) is 4.89. The second-order valence-corrected chi connectivity index (χ2v) is 5.91. The van der Waals surface area contributed by atoms with Crippen LogP contribution in [0, 0.1) is 6.92 Å². The Morgan fingerprint density at radius 1 is 1.10 bits per heavy atom. The molecule has 2 nitrogen and oxygen atoms in total. The van der Waals surface area contributed by atoms with Crippen molar-refractivity contribution in [2.24, 2.45) is 0 Å². The molecular formula is C18H15NOS. The third-order valence-corrected chi connectivity index (χ3v) is 4.54. The van der Waals surface area contributed by atoms with Crippen LogP contribution in [-0.4, -0.2) is 16.5 Å². The molecule has 0 atom stereocenters. The molecule has 0 radical (unpaired) electrons. The Morgan fingerprint density at radius 3 is 2.71 bits per heavy atom. The molecule has 21 heavy (non-hydrogen) atoms. The maximum absolute atomic E-state index is 12.3. The van der Waals surface area contributed by atoms with Crippen LogP contribution in [0.25, 0.3) is 10.9 Å². The Hall–Kier alpha value is -2.13. The zero-order valence-corrected chi connectivity index (χ0v) is 12.6. The Labute approximate surface area is 128 Å². The van der Waals surface area contributed by atoms with E-state index >= 15 is 0 Å². The number of carbonyl (C=O) groups is 1. The first-order valence-electron chi connectivity index (χ1n) is 6.80. The summed E-state index contributed by atoms with van der Waals surface area (Å²) >= 11 is 1.58. The van der Waals surface area contributed by atoms with Gasteiger partial charge < -0.3 is 0 Å². The smallest absolute Gasteiger partial charge is 0.174 e. The molecule has 0 saturated carbocycles. The number of hydrogen-bond donors (Lipinski definition) is 0. The van der Waals surface area contributed by atoms with Gasteiger partial charge in [-0.15, -0.1) is 11.8 Å². The Bertz CT molecular complexity index is 798. The number of carbonyl (C=O) groups excluding carboxylic acids is 1. The summed E-state index contributed by atoms with van der Waals surface area (Å²) in [7, 11) is 0. The summed E-state index contributed by atoms with van der Waals surface area (Å²) in [5, 5.41) is 1.00. The number of rotatable bonds is 4. The van der Waals surface area contributed by atoms with Gasteiger partial charge in [-0.3, -0.25) is 9.78 Å². The third kappa shape index (κ3) is 3.14. The largest absolute Gasteiger partial charge is 0.293 e. The monoisotopic (exact) mass is 293 g/mol. The van der Waals surface area contributed by atoms with Gasteiger partial charge in [-0.25, -0.2) is 0 Å². The van der Waals surface area contributed by atoms with E-state index in [0.717, 1.165) is 15.8 Å². The number of aryl methyl sites for hydroxylation is 1. The van der Waals surface area contributed by atoms with Crippen LogP contribution in [0.2, 0.25) is 0 Å². The van der Waals surface area contributed by atoms with Gasteiger partial charge in [0.2, 0.25) is 0 Å². The number of para-hydroxylation sites is 1. The fraction of sp³-hybridized carbons (Fsp3) is 0.111. The molecule has 1 heterocycles. The van der Waals surface area contributed by atoms with Crippen LogP contribution in [0.15, 0.2) is 65.7 Å². The lowest BCUT2D eigenvalue weighted by molar-refractivity contribution is 0.102. The van der Waals surface area contributed by atoms with E-state index in [4.69, 9.17) is 0 Å². The molecule has 0 N–H and O–H groups in total. The molecule has 2 aromatic carbocycles. The maximum Gasteiger partial charge on any atom is 0.174 e. The topological polar surface area (TPSA) is 30.0 Å². The summed E-state index contributed by atoms with van der Waals surface area (Å²) in [6, 6.07) is 17.9. The molecule has 0 aliphatic rings. The predicted octanol–water partition coefficient (Wildman–Crippen LogP) is 4.52. The molecule has 3 aromatic rings. The highest BCUT2D eigenvalue weighted by molar-refractivity contribution is 8.00. The van der Waals surface area contributed by atoms with Gasteiger partial charge in [-0.1, -0.05) is 36.4 Å². The first-order valence-corrected chi connectivity index (χ1v) is 7.79. The van der Waals surface area contributed by atoms with Crippen molar-refractivity contribution in [3.63, 3.8) is 0 Å². The van der Waals surface area contributed by atoms with Crippen molar-refractivity contribution >= 4 is 28.4 Å². The molecule has 0 bridgehead atoms. The molecule has 0 unspecified atom stereocenters. The molecule has 0 aliphatic heterocycles. The lowest BCUT2D eigenvalue weighted by Crippen LogP contribution is -2.03. The maximum atomic E-state index is 12.3. The quantitative estimate of drug-likeness (QED) is 0.523. The standard InChI is InChI=1S/C18H15NOS/c1-13-6-2-5-9-18(13)21-12-17(20)15-10-14-7-3-4-8-16(14)19-11-15/h2-11H,12H2,1H3. The minimum atomic E-state index is 0.113. The summed E-state index contributed by atoms with van der Waals surface area (Å²) in [5.74, 6) is 0.548. The molecule has 3 heteroatoms. The first-order chi connectivity index (χ1) is 10.2. The lowest BCUT2D eigenvalue weighted by Gasteiger charge is -2.05. The fourth-order valence-electron chi connectivity index (χ4n) is 2.17. The highest BCUT2D eigenvalue weighted by Crippen LogP contribution is 2.23. The second kappa shape index (κ2) is 6.10. The number of benzene rings is 2. The van der Waals surface area contributed by atoms with Gasteiger partial charge in [0.15, 0.2) is 5.78 Å². The van der Waals surface area contributed by atoms with Gasteiger partial charge in [0, 0.05) is 22.0 Å². The number of nitrogens with zero attached hydrogens (tertiary/aromatic N) is 1. The van der Waals surface area contributed by atoms with Gasteiger partial charge in [0.1, 0.15) is 0 Å². The van der Waals surface area contributed by atoms with E-state index in [1.165, 1.54) is 5.56 Å². The first kappa shape index (κ1) is 13.8. The molecule has 0 spiro atoms. The summed E-state index contributed by atoms with van der Waals surface area (Å²) in [5.41, 5.74) is 2.79. The van der Waals surface area contributed by atoms with E-state index in [1.54, 1.807) is 18.0 Å². The van der Waals surface area contributed by atoms with Crippen LogP contribution >= 0.6 is 11.8 Å². The Morgan fingerprint density at radius 2 is 1.86 bits per heavy atom. The Balaban J connectivity index is 1.76. The lowest BCUT2D eigenvalue weighted by atomic mass is 10.1. The summed E-state index contributed by atoms with van der Waals surface area (Å²) in [4.78, 5) is 17.8. The third-order valence-electron chi connectivity index (χ3n) is 3.36. The minimum Gasteiger partial charge on any atom is -0.293 e. The van der Waals surface area contributed by atoms with Crippen LogP contribution in [-0.2, 0) is 0 Å². The van der Waals surface area contributed by atoms with Crippen molar-refractivity contribution in [3.8, 4) is 0 Å². The minimum absolute atomic E-state index is 0.113. The van der Waals surface area contributed by atoms with E-state index < -0.39 is 0 Å². The van der Waals surface area contributed by atoms with Crippen LogP contribution in [0.4, 0.5) is 0 Å². The van der Waals surface area contributed by atoms with Crippen molar-refractivity contribution in [2.45, 2.75) is 11.8 Å². The number of ketones is 1. The highest BCUT2D eigenvalue weighted by atomic mass is 32.2. The number of hydrogen-bond acceptors (Lipinski definition) is 3. The number of pyridine rings is 1. The van der Waals surface area contributed by atoms with Crippen LogP contribution in [0.1, 0.15) is 15.9 Å². The molecule has 0 amide bonds. The van der Waals surface area contributed by atoms with Crippen molar-refractivity contribution in [1.29, 1.82) is 0 Å². The summed E-state index contributed by atoms with van der Waals surface area (Å²) in [6.45, 7) is 2.06. The summed E-state index contributed by atoms with van der Waals surface area (Å²) < 4.78 is 0. The van der Waals surface area contributed by atoms with Crippen molar-refractivity contribution < 1.29 is 4.79 Å². The summed E-state index contributed by atoms with van der Waals surface area (Å²) in [6.07, 6.45) is 1.67. The molecular weight excluding hydrogens is 278 g/mol. The van der Waals surface area contributed by atoms with E-state index in [-0.39, 0.29) is 5.78 Å². The average molecular weight is 293 g/mol. The molecule has 0 saturated heterocycles. The van der Waals surface area contributed by atoms with Crippen LogP contribution in [0.5, 0.6) is 0 Å². The number of aromatic nitrogens is 1.